The Balaban J connectivity index is 1.74. The fraction of sp³-hybridized carbons (Fsp3) is 0.412. The van der Waals surface area contributed by atoms with Gasteiger partial charge in [0.2, 0.25) is 0 Å². The van der Waals surface area contributed by atoms with Crippen molar-refractivity contribution in [1.29, 1.82) is 0 Å². The quantitative estimate of drug-likeness (QED) is 0.882. The lowest BCUT2D eigenvalue weighted by Gasteiger charge is -2.15. The van der Waals surface area contributed by atoms with E-state index in [1.165, 1.54) is 36.9 Å². The Labute approximate surface area is 129 Å². The number of nitrogens with zero attached hydrogens (tertiary/aromatic N) is 2. The van der Waals surface area contributed by atoms with Crippen LogP contribution in [0, 0.1) is 0 Å². The Hall–Kier alpha value is -2.14. The molecule has 1 N–H and O–H groups in total. The Morgan fingerprint density at radius 2 is 2.09 bits per heavy atom. The van der Waals surface area contributed by atoms with Gasteiger partial charge in [-0.1, -0.05) is 0 Å². The molecule has 0 saturated heterocycles. The van der Waals surface area contributed by atoms with Gasteiger partial charge in [0.15, 0.2) is 0 Å². The van der Waals surface area contributed by atoms with E-state index in [2.05, 4.69) is 10.00 Å². The largest absolute Gasteiger partial charge is 0.465 e. The molecule has 2 aromatic rings. The molecule has 0 radical (unpaired) electrons. The molecule has 0 unspecified atom stereocenters. The summed E-state index contributed by atoms with van der Waals surface area (Å²) in [6.07, 6.45) is 3.50. The van der Waals surface area contributed by atoms with Crippen LogP contribution in [0.3, 0.4) is 0 Å². The van der Waals surface area contributed by atoms with Crippen LogP contribution in [0.2, 0.25) is 0 Å². The lowest BCUT2D eigenvalue weighted by Crippen LogP contribution is -2.24. The van der Waals surface area contributed by atoms with Crippen LogP contribution in [0.1, 0.15) is 46.1 Å². The summed E-state index contributed by atoms with van der Waals surface area (Å²) in [5, 5.41) is 8.33. The molecule has 0 atom stereocenters. The smallest absolute Gasteiger partial charge is 0.337 e. The van der Waals surface area contributed by atoms with Crippen LogP contribution >= 0.6 is 0 Å². The van der Waals surface area contributed by atoms with E-state index in [0.29, 0.717) is 11.5 Å². The number of benzene rings is 1. The molecule has 0 bridgehead atoms. The van der Waals surface area contributed by atoms with Gasteiger partial charge in [0, 0.05) is 31.0 Å². The fourth-order valence-corrected chi connectivity index (χ4v) is 3.13. The van der Waals surface area contributed by atoms with E-state index < -0.39 is 0 Å². The third kappa shape index (κ3) is 2.22. The van der Waals surface area contributed by atoms with E-state index in [9.17, 15) is 4.79 Å². The lowest BCUT2D eigenvalue weighted by atomic mass is 10.0. The van der Waals surface area contributed by atoms with Crippen LogP contribution in [0.15, 0.2) is 24.3 Å². The first-order valence-corrected chi connectivity index (χ1v) is 7.78. The van der Waals surface area contributed by atoms with E-state index >= 15 is 0 Å². The van der Waals surface area contributed by atoms with Gasteiger partial charge in [-0.2, -0.15) is 5.10 Å². The van der Waals surface area contributed by atoms with Crippen molar-refractivity contribution in [2.24, 2.45) is 0 Å². The van der Waals surface area contributed by atoms with Gasteiger partial charge in [-0.3, -0.25) is 0 Å². The maximum absolute atomic E-state index is 11.5. The summed E-state index contributed by atoms with van der Waals surface area (Å²) in [7, 11) is 1.40. The zero-order valence-corrected chi connectivity index (χ0v) is 12.6. The van der Waals surface area contributed by atoms with E-state index in [0.717, 1.165) is 25.2 Å². The standard InChI is InChI=1S/C17H19N3O2/c1-22-17(21)12-4-6-13(7-5-12)20-15-8-9-18-10-14(15)16(19-20)11-2-3-11/h4-7,11,18H,2-3,8-10H2,1H3. The van der Waals surface area contributed by atoms with Crippen molar-refractivity contribution in [3.8, 4) is 5.69 Å². The molecule has 22 heavy (non-hydrogen) atoms. The summed E-state index contributed by atoms with van der Waals surface area (Å²) in [5.41, 5.74) is 5.53. The molecule has 114 valence electrons. The third-order valence-corrected chi connectivity index (χ3v) is 4.46. The number of ether oxygens (including phenoxy) is 1. The van der Waals surface area contributed by atoms with Gasteiger partial charge < -0.3 is 10.1 Å². The van der Waals surface area contributed by atoms with E-state index in [1.54, 1.807) is 12.1 Å². The first-order valence-electron chi connectivity index (χ1n) is 7.78. The summed E-state index contributed by atoms with van der Waals surface area (Å²) >= 11 is 0. The molecule has 1 aliphatic heterocycles. The Morgan fingerprint density at radius 3 is 2.77 bits per heavy atom. The number of fused-ring (bicyclic) bond motifs is 1. The van der Waals surface area contributed by atoms with Crippen LogP contribution in [-0.2, 0) is 17.7 Å². The Kier molecular flexibility index (Phi) is 3.22. The van der Waals surface area contributed by atoms with Crippen LogP contribution in [0.25, 0.3) is 5.69 Å². The molecule has 1 aliphatic carbocycles. The highest BCUT2D eigenvalue weighted by molar-refractivity contribution is 5.89. The molecule has 0 spiro atoms. The molecule has 1 aromatic heterocycles. The highest BCUT2D eigenvalue weighted by Gasteiger charge is 2.32. The number of esters is 1. The van der Waals surface area contributed by atoms with Gasteiger partial charge in [0.05, 0.1) is 29.7 Å². The number of rotatable bonds is 3. The molecule has 1 fully saturated rings. The van der Waals surface area contributed by atoms with E-state index in [-0.39, 0.29) is 5.97 Å². The maximum atomic E-state index is 11.5. The number of carbonyl (C=O) groups excluding carboxylic acids is 1. The molecule has 1 saturated carbocycles. The second-order valence-corrected chi connectivity index (χ2v) is 5.96. The van der Waals surface area contributed by atoms with Crippen molar-refractivity contribution in [2.75, 3.05) is 13.7 Å². The van der Waals surface area contributed by atoms with Crippen molar-refractivity contribution in [2.45, 2.75) is 31.7 Å². The minimum atomic E-state index is -0.308. The molecular formula is C17H19N3O2. The average Bonchev–Trinajstić information content (AvgIpc) is 3.35. The topological polar surface area (TPSA) is 56.2 Å². The molecule has 1 aromatic carbocycles. The Bertz CT molecular complexity index is 714. The van der Waals surface area contributed by atoms with Gasteiger partial charge in [-0.25, -0.2) is 9.48 Å². The number of carbonyl (C=O) groups is 1. The monoisotopic (exact) mass is 297 g/mol. The Morgan fingerprint density at radius 1 is 1.32 bits per heavy atom. The molecule has 2 heterocycles. The van der Waals surface area contributed by atoms with E-state index in [1.807, 2.05) is 12.1 Å². The number of hydrogen-bond acceptors (Lipinski definition) is 4. The van der Waals surface area contributed by atoms with Crippen molar-refractivity contribution in [3.63, 3.8) is 0 Å². The number of methoxy groups -OCH3 is 1. The highest BCUT2D eigenvalue weighted by atomic mass is 16.5. The van der Waals surface area contributed by atoms with Gasteiger partial charge in [0.1, 0.15) is 0 Å². The van der Waals surface area contributed by atoms with Crippen LogP contribution in [0.4, 0.5) is 0 Å². The minimum absolute atomic E-state index is 0.308. The summed E-state index contributed by atoms with van der Waals surface area (Å²) < 4.78 is 6.81. The molecule has 5 heteroatoms. The summed E-state index contributed by atoms with van der Waals surface area (Å²) in [5.74, 6) is 0.334. The molecule has 4 rings (SSSR count). The first kappa shape index (κ1) is 13.5. The second kappa shape index (κ2) is 5.25. The zero-order valence-electron chi connectivity index (χ0n) is 12.6. The van der Waals surface area contributed by atoms with Gasteiger partial charge in [0.25, 0.3) is 0 Å². The normalized spacial score (nSPS) is 17.1. The average molecular weight is 297 g/mol. The first-order chi connectivity index (χ1) is 10.8. The zero-order chi connectivity index (χ0) is 15.1. The fourth-order valence-electron chi connectivity index (χ4n) is 3.13. The summed E-state index contributed by atoms with van der Waals surface area (Å²) in [6.45, 7) is 1.91. The predicted molar refractivity (Wildman–Crippen MR) is 82.3 cm³/mol. The summed E-state index contributed by atoms with van der Waals surface area (Å²) in [4.78, 5) is 11.5. The summed E-state index contributed by atoms with van der Waals surface area (Å²) in [6, 6.07) is 7.48. The van der Waals surface area contributed by atoms with Crippen molar-refractivity contribution in [1.82, 2.24) is 15.1 Å². The number of hydrogen-bond donors (Lipinski definition) is 1. The third-order valence-electron chi connectivity index (χ3n) is 4.46. The van der Waals surface area contributed by atoms with Crippen molar-refractivity contribution in [3.05, 3.63) is 46.8 Å². The van der Waals surface area contributed by atoms with Gasteiger partial charge >= 0.3 is 5.97 Å². The predicted octanol–water partition coefficient (Wildman–Crippen LogP) is 2.18. The van der Waals surface area contributed by atoms with Crippen molar-refractivity contribution >= 4 is 5.97 Å². The maximum Gasteiger partial charge on any atom is 0.337 e. The SMILES string of the molecule is COC(=O)c1ccc(-n2nc(C3CC3)c3c2CCNC3)cc1. The molecule has 2 aliphatic rings. The van der Waals surface area contributed by atoms with Crippen molar-refractivity contribution < 1.29 is 9.53 Å². The van der Waals surface area contributed by atoms with Gasteiger partial charge in [-0.05, 0) is 37.1 Å². The van der Waals surface area contributed by atoms with Gasteiger partial charge in [-0.15, -0.1) is 0 Å². The number of nitrogens with one attached hydrogen (secondary N) is 1. The molecule has 0 amide bonds. The second-order valence-electron chi connectivity index (χ2n) is 5.96. The molecule has 5 nitrogen and oxygen atoms in total. The van der Waals surface area contributed by atoms with Crippen LogP contribution in [0.5, 0.6) is 0 Å². The number of aromatic nitrogens is 2. The van der Waals surface area contributed by atoms with E-state index in [4.69, 9.17) is 9.84 Å². The highest BCUT2D eigenvalue weighted by Crippen LogP contribution is 2.42. The van der Waals surface area contributed by atoms with Crippen LogP contribution < -0.4 is 5.32 Å². The molecular weight excluding hydrogens is 278 g/mol. The minimum Gasteiger partial charge on any atom is -0.465 e. The lowest BCUT2D eigenvalue weighted by molar-refractivity contribution is 0.0601. The van der Waals surface area contributed by atoms with Crippen LogP contribution in [-0.4, -0.2) is 29.4 Å².